The fourth-order valence-electron chi connectivity index (χ4n) is 2.96. The Morgan fingerprint density at radius 1 is 1.33 bits per heavy atom. The number of aliphatic carboxylic acids is 1. The quantitative estimate of drug-likeness (QED) is 0.831. The van der Waals surface area contributed by atoms with Crippen LogP contribution in [0.4, 0.5) is 5.69 Å². The predicted molar refractivity (Wildman–Crippen MR) is 89.4 cm³/mol. The molecule has 0 spiro atoms. The number of amides is 1. The molecule has 8 heteroatoms. The Morgan fingerprint density at radius 2 is 1.96 bits per heavy atom. The van der Waals surface area contributed by atoms with Gasteiger partial charge in [-0.25, -0.2) is 8.42 Å². The van der Waals surface area contributed by atoms with Gasteiger partial charge in [0.25, 0.3) is 0 Å². The number of nitrogens with zero attached hydrogens (tertiary/aromatic N) is 1. The van der Waals surface area contributed by atoms with Crippen molar-refractivity contribution >= 4 is 27.6 Å². The smallest absolute Gasteiger partial charge is 0.322 e. The van der Waals surface area contributed by atoms with Crippen LogP contribution in [-0.4, -0.2) is 37.5 Å². The van der Waals surface area contributed by atoms with Gasteiger partial charge in [-0.05, 0) is 43.0 Å². The molecule has 7 nitrogen and oxygen atoms in total. The first-order valence-electron chi connectivity index (χ1n) is 7.72. The molecule has 0 aliphatic carbocycles. The lowest BCUT2D eigenvalue weighted by Gasteiger charge is -2.21. The molecule has 0 saturated heterocycles. The molecule has 1 aromatic rings. The van der Waals surface area contributed by atoms with E-state index in [4.69, 9.17) is 5.11 Å². The number of anilines is 1. The Kier molecular flexibility index (Phi) is 5.00. The summed E-state index contributed by atoms with van der Waals surface area (Å²) < 4.78 is 27.2. The number of fused-ring (bicyclic) bond motifs is 1. The third kappa shape index (κ3) is 3.44. The maximum atomic E-state index is 12.5. The molecule has 2 unspecified atom stereocenters. The highest BCUT2D eigenvalue weighted by Crippen LogP contribution is 2.33. The van der Waals surface area contributed by atoms with Crippen molar-refractivity contribution in [3.05, 3.63) is 23.8 Å². The second-order valence-electron chi connectivity index (χ2n) is 6.41. The van der Waals surface area contributed by atoms with Crippen LogP contribution < -0.4 is 9.62 Å². The number of benzene rings is 1. The fraction of sp³-hybridized carbons (Fsp3) is 0.500. The second kappa shape index (κ2) is 6.52. The zero-order valence-electron chi connectivity index (χ0n) is 14.1. The van der Waals surface area contributed by atoms with Crippen molar-refractivity contribution < 1.29 is 23.1 Å². The lowest BCUT2D eigenvalue weighted by molar-refractivity contribution is -0.140. The van der Waals surface area contributed by atoms with E-state index in [1.54, 1.807) is 24.8 Å². The Hall–Kier alpha value is -1.93. The van der Waals surface area contributed by atoms with Gasteiger partial charge in [0, 0.05) is 18.7 Å². The predicted octanol–water partition coefficient (Wildman–Crippen LogP) is 1.37. The highest BCUT2D eigenvalue weighted by atomic mass is 32.2. The SMILES string of the molecule is CC(=O)N1c2ccc(S(=O)(=O)NC(C(=O)O)C(C)C)cc2CC1C. The number of carbonyl (C=O) groups is 2. The van der Waals surface area contributed by atoms with Gasteiger partial charge >= 0.3 is 5.97 Å². The summed E-state index contributed by atoms with van der Waals surface area (Å²) in [5.74, 6) is -1.70. The van der Waals surface area contributed by atoms with Gasteiger partial charge < -0.3 is 10.0 Å². The molecule has 1 amide bonds. The number of rotatable bonds is 5. The third-order valence-corrected chi connectivity index (χ3v) is 5.57. The average molecular weight is 354 g/mol. The van der Waals surface area contributed by atoms with Gasteiger partial charge in [0.15, 0.2) is 0 Å². The standard InChI is InChI=1S/C16H22N2O5S/c1-9(2)15(16(20)21)17-24(22,23)13-5-6-14-12(8-13)7-10(3)18(14)11(4)19/h5-6,8-10,15,17H,7H2,1-4H3,(H,20,21). The van der Waals surface area contributed by atoms with E-state index in [-0.39, 0.29) is 22.8 Å². The first kappa shape index (κ1) is 18.4. The van der Waals surface area contributed by atoms with Crippen LogP contribution in [0.25, 0.3) is 0 Å². The highest BCUT2D eigenvalue weighted by molar-refractivity contribution is 7.89. The molecule has 0 fully saturated rings. The van der Waals surface area contributed by atoms with Crippen LogP contribution in [0.5, 0.6) is 0 Å². The molecular formula is C16H22N2O5S. The molecule has 0 bridgehead atoms. The van der Waals surface area contributed by atoms with E-state index in [1.807, 2.05) is 6.92 Å². The molecular weight excluding hydrogens is 332 g/mol. The molecule has 0 radical (unpaired) electrons. The summed E-state index contributed by atoms with van der Waals surface area (Å²) in [6.45, 7) is 6.64. The molecule has 1 aliphatic rings. The van der Waals surface area contributed by atoms with Crippen molar-refractivity contribution in [1.29, 1.82) is 0 Å². The molecule has 2 N–H and O–H groups in total. The number of carboxylic acid groups (broad SMARTS) is 1. The maximum Gasteiger partial charge on any atom is 0.322 e. The molecule has 1 heterocycles. The van der Waals surface area contributed by atoms with Crippen LogP contribution in [0, 0.1) is 5.92 Å². The van der Waals surface area contributed by atoms with Crippen LogP contribution in [0.1, 0.15) is 33.3 Å². The number of sulfonamides is 1. The summed E-state index contributed by atoms with van der Waals surface area (Å²) in [5.41, 5.74) is 1.46. The van der Waals surface area contributed by atoms with Crippen molar-refractivity contribution in [2.45, 2.75) is 51.1 Å². The first-order chi connectivity index (χ1) is 11.0. The molecule has 1 aromatic carbocycles. The van der Waals surface area contributed by atoms with Crippen molar-refractivity contribution in [3.63, 3.8) is 0 Å². The van der Waals surface area contributed by atoms with Crippen LogP contribution >= 0.6 is 0 Å². The van der Waals surface area contributed by atoms with Crippen LogP contribution in [-0.2, 0) is 26.0 Å². The van der Waals surface area contributed by atoms with Gasteiger partial charge in [-0.1, -0.05) is 13.8 Å². The van der Waals surface area contributed by atoms with Crippen LogP contribution in [0.15, 0.2) is 23.1 Å². The molecule has 0 aromatic heterocycles. The summed E-state index contributed by atoms with van der Waals surface area (Å²) in [7, 11) is -3.96. The van der Waals surface area contributed by atoms with E-state index in [0.29, 0.717) is 12.1 Å². The monoisotopic (exact) mass is 354 g/mol. The van der Waals surface area contributed by atoms with Gasteiger partial charge in [-0.3, -0.25) is 9.59 Å². The topological polar surface area (TPSA) is 104 Å². The Balaban J connectivity index is 2.36. The third-order valence-electron chi connectivity index (χ3n) is 4.13. The fourth-order valence-corrected chi connectivity index (χ4v) is 4.35. The van der Waals surface area contributed by atoms with Gasteiger partial charge in [-0.15, -0.1) is 0 Å². The zero-order chi connectivity index (χ0) is 18.2. The van der Waals surface area contributed by atoms with Crippen molar-refractivity contribution in [1.82, 2.24) is 4.72 Å². The Morgan fingerprint density at radius 3 is 2.46 bits per heavy atom. The summed E-state index contributed by atoms with van der Waals surface area (Å²) in [6.07, 6.45) is 0.560. The lowest BCUT2D eigenvalue weighted by atomic mass is 10.1. The van der Waals surface area contributed by atoms with Gasteiger partial charge in [-0.2, -0.15) is 4.72 Å². The van der Waals surface area contributed by atoms with E-state index >= 15 is 0 Å². The minimum absolute atomic E-state index is 0.00533. The van der Waals surface area contributed by atoms with Gasteiger partial charge in [0.1, 0.15) is 6.04 Å². The van der Waals surface area contributed by atoms with Crippen LogP contribution in [0.3, 0.4) is 0 Å². The first-order valence-corrected chi connectivity index (χ1v) is 9.20. The van der Waals surface area contributed by atoms with Gasteiger partial charge in [0.2, 0.25) is 15.9 Å². The van der Waals surface area contributed by atoms with Crippen molar-refractivity contribution in [3.8, 4) is 0 Å². The normalized spacial score (nSPS) is 18.5. The number of carboxylic acids is 1. The Labute approximate surface area is 141 Å². The number of nitrogens with one attached hydrogen (secondary N) is 1. The van der Waals surface area contributed by atoms with Gasteiger partial charge in [0.05, 0.1) is 4.90 Å². The molecule has 132 valence electrons. The summed E-state index contributed by atoms with van der Waals surface area (Å²) >= 11 is 0. The number of hydrogen-bond donors (Lipinski definition) is 2. The zero-order valence-corrected chi connectivity index (χ0v) is 14.9. The van der Waals surface area contributed by atoms with E-state index < -0.39 is 22.0 Å². The lowest BCUT2D eigenvalue weighted by Crippen LogP contribution is -2.44. The largest absolute Gasteiger partial charge is 0.480 e. The summed E-state index contributed by atoms with van der Waals surface area (Å²) in [6, 6.07) is 3.27. The van der Waals surface area contributed by atoms with Crippen LogP contribution in [0.2, 0.25) is 0 Å². The average Bonchev–Trinajstić information content (AvgIpc) is 2.79. The number of carbonyl (C=O) groups excluding carboxylic acids is 1. The van der Waals surface area contributed by atoms with E-state index in [2.05, 4.69) is 4.72 Å². The number of hydrogen-bond acceptors (Lipinski definition) is 4. The van der Waals surface area contributed by atoms with E-state index in [0.717, 1.165) is 5.56 Å². The van der Waals surface area contributed by atoms with E-state index in [1.165, 1.54) is 19.1 Å². The van der Waals surface area contributed by atoms with E-state index in [9.17, 15) is 18.0 Å². The molecule has 1 aliphatic heterocycles. The molecule has 2 atom stereocenters. The summed E-state index contributed by atoms with van der Waals surface area (Å²) in [5, 5.41) is 9.17. The maximum absolute atomic E-state index is 12.5. The minimum Gasteiger partial charge on any atom is -0.480 e. The van der Waals surface area contributed by atoms with Crippen molar-refractivity contribution in [2.75, 3.05) is 4.90 Å². The minimum atomic E-state index is -3.96. The molecule has 2 rings (SSSR count). The summed E-state index contributed by atoms with van der Waals surface area (Å²) in [4.78, 5) is 24.6. The second-order valence-corrected chi connectivity index (χ2v) is 8.13. The highest BCUT2D eigenvalue weighted by Gasteiger charge is 2.32. The molecule has 24 heavy (non-hydrogen) atoms. The Bertz CT molecular complexity index is 773. The van der Waals surface area contributed by atoms with Crippen molar-refractivity contribution in [2.24, 2.45) is 5.92 Å². The molecule has 0 saturated carbocycles.